The molecule has 1 saturated heterocycles. The Hall–Kier alpha value is -3.14. The summed E-state index contributed by atoms with van der Waals surface area (Å²) in [6, 6.07) is 5.76. The first-order valence-corrected chi connectivity index (χ1v) is 12.2. The Labute approximate surface area is 201 Å². The van der Waals surface area contributed by atoms with E-state index in [1.165, 1.54) is 0 Å². The van der Waals surface area contributed by atoms with Gasteiger partial charge in [0.25, 0.3) is 5.91 Å². The molecule has 0 radical (unpaired) electrons. The minimum atomic E-state index is -1.55. The van der Waals surface area contributed by atoms with Gasteiger partial charge in [0.1, 0.15) is 11.6 Å². The normalized spacial score (nSPS) is 23.9. The van der Waals surface area contributed by atoms with Gasteiger partial charge in [0.15, 0.2) is 11.3 Å². The molecule has 10 heteroatoms. The molecule has 2 aliphatic heterocycles. The molecular weight excluding hydrogens is 458 g/mol. The van der Waals surface area contributed by atoms with Crippen molar-refractivity contribution >= 4 is 41.2 Å². The van der Waals surface area contributed by atoms with Gasteiger partial charge in [-0.3, -0.25) is 19.2 Å². The number of nitrogens with one attached hydrogen (secondary N) is 3. The third-order valence-electron chi connectivity index (χ3n) is 5.87. The number of benzene rings is 1. The molecule has 1 fully saturated rings. The summed E-state index contributed by atoms with van der Waals surface area (Å²) < 4.78 is 5.17. The maximum Gasteiger partial charge on any atom is 0.407 e. The molecule has 1 aromatic carbocycles. The van der Waals surface area contributed by atoms with E-state index in [1.807, 2.05) is 0 Å². The van der Waals surface area contributed by atoms with E-state index >= 15 is 0 Å². The Kier molecular flexibility index (Phi) is 6.28. The number of Topliss-reactive ketones (excluding diaryl/α,β-unsaturated/α-hetero) is 2. The summed E-state index contributed by atoms with van der Waals surface area (Å²) in [4.78, 5) is 64.2. The number of ketones is 2. The van der Waals surface area contributed by atoms with Crippen LogP contribution in [0, 0.1) is 0 Å². The molecule has 0 aromatic heterocycles. The van der Waals surface area contributed by atoms with Crippen molar-refractivity contribution in [3.05, 3.63) is 45.9 Å². The van der Waals surface area contributed by atoms with Crippen LogP contribution in [0.4, 0.5) is 4.79 Å². The molecule has 2 heterocycles. The predicted molar refractivity (Wildman–Crippen MR) is 125 cm³/mol. The molecule has 4 rings (SSSR count). The zero-order valence-electron chi connectivity index (χ0n) is 19.3. The van der Waals surface area contributed by atoms with Gasteiger partial charge in [-0.15, -0.1) is 11.8 Å². The van der Waals surface area contributed by atoms with E-state index in [1.54, 1.807) is 45.0 Å². The van der Waals surface area contributed by atoms with Crippen molar-refractivity contribution in [2.75, 3.05) is 12.3 Å². The van der Waals surface area contributed by atoms with Gasteiger partial charge in [0, 0.05) is 23.4 Å². The van der Waals surface area contributed by atoms with Crippen LogP contribution >= 0.6 is 11.8 Å². The first-order valence-electron chi connectivity index (χ1n) is 11.2. The fourth-order valence-electron chi connectivity index (χ4n) is 4.29. The highest BCUT2D eigenvalue weighted by molar-refractivity contribution is 8.04. The minimum Gasteiger partial charge on any atom is -0.444 e. The van der Waals surface area contributed by atoms with Crippen LogP contribution in [0.3, 0.4) is 0 Å². The van der Waals surface area contributed by atoms with Crippen LogP contribution in [-0.2, 0) is 14.3 Å². The van der Waals surface area contributed by atoms with Gasteiger partial charge in [0.2, 0.25) is 11.7 Å². The van der Waals surface area contributed by atoms with Crippen molar-refractivity contribution in [1.29, 1.82) is 0 Å². The van der Waals surface area contributed by atoms with Crippen LogP contribution in [-0.4, -0.2) is 59.0 Å². The molecule has 34 heavy (non-hydrogen) atoms. The molecule has 0 unspecified atom stereocenters. The second-order valence-corrected chi connectivity index (χ2v) is 10.5. The van der Waals surface area contributed by atoms with Gasteiger partial charge < -0.3 is 20.7 Å². The second-order valence-electron chi connectivity index (χ2n) is 9.54. The summed E-state index contributed by atoms with van der Waals surface area (Å²) >= 11 is 1.13. The Balaban J connectivity index is 1.38. The van der Waals surface area contributed by atoms with Gasteiger partial charge in [-0.25, -0.2) is 4.79 Å². The molecule has 1 spiro atoms. The Bertz CT molecular complexity index is 1120. The van der Waals surface area contributed by atoms with Crippen molar-refractivity contribution < 1.29 is 28.7 Å². The summed E-state index contributed by atoms with van der Waals surface area (Å²) in [5, 5.41) is 8.17. The van der Waals surface area contributed by atoms with Crippen LogP contribution in [0.15, 0.2) is 34.7 Å². The van der Waals surface area contributed by atoms with E-state index in [4.69, 9.17) is 4.74 Å². The number of carbonyl (C=O) groups excluding carboxylic acids is 5. The molecule has 3 amide bonds. The number of hydrogen-bond acceptors (Lipinski definition) is 7. The minimum absolute atomic E-state index is 0.0621. The molecule has 180 valence electrons. The van der Waals surface area contributed by atoms with Crippen LogP contribution in [0.1, 0.15) is 60.7 Å². The van der Waals surface area contributed by atoms with E-state index in [0.29, 0.717) is 31.4 Å². The Morgan fingerprint density at radius 1 is 1.12 bits per heavy atom. The fourth-order valence-corrected chi connectivity index (χ4v) is 5.65. The van der Waals surface area contributed by atoms with Gasteiger partial charge in [-0.1, -0.05) is 24.3 Å². The smallest absolute Gasteiger partial charge is 0.407 e. The van der Waals surface area contributed by atoms with Gasteiger partial charge in [-0.05, 0) is 40.0 Å². The number of hydrogen-bond donors (Lipinski definition) is 3. The Morgan fingerprint density at radius 2 is 1.79 bits per heavy atom. The molecule has 2 atom stereocenters. The largest absolute Gasteiger partial charge is 0.444 e. The maximum atomic E-state index is 13.2. The predicted octanol–water partition coefficient (Wildman–Crippen LogP) is 2.11. The highest BCUT2D eigenvalue weighted by Crippen LogP contribution is 2.46. The number of thioether (sulfide) groups is 1. The SMILES string of the molecule is CC(C)(C)OC(=O)NCCCC[C@@H]1NC(=O)[C@]2(CSC3=C2C(=O)c2ccccc2C3=O)NC1=O. The van der Waals surface area contributed by atoms with E-state index < -0.39 is 40.9 Å². The molecule has 0 bridgehead atoms. The van der Waals surface area contributed by atoms with Gasteiger partial charge in [0.05, 0.1) is 10.5 Å². The molecule has 1 aromatic rings. The van der Waals surface area contributed by atoms with E-state index in [0.717, 1.165) is 11.8 Å². The van der Waals surface area contributed by atoms with Crippen LogP contribution in [0.2, 0.25) is 0 Å². The number of rotatable bonds is 5. The Morgan fingerprint density at radius 3 is 2.47 bits per heavy atom. The van der Waals surface area contributed by atoms with E-state index in [-0.39, 0.29) is 27.6 Å². The highest BCUT2D eigenvalue weighted by atomic mass is 32.2. The quantitative estimate of drug-likeness (QED) is 0.545. The molecular formula is C24H27N3O6S. The number of ether oxygens (including phenoxy) is 1. The molecule has 3 aliphatic rings. The average molecular weight is 486 g/mol. The van der Waals surface area contributed by atoms with Crippen molar-refractivity contribution in [3.8, 4) is 0 Å². The summed E-state index contributed by atoms with van der Waals surface area (Å²) in [5.41, 5.74) is -1.50. The van der Waals surface area contributed by atoms with Crippen LogP contribution < -0.4 is 16.0 Å². The lowest BCUT2D eigenvalue weighted by Crippen LogP contribution is -2.71. The number of amides is 3. The number of allylic oxidation sites excluding steroid dienone is 1. The van der Waals surface area contributed by atoms with Crippen LogP contribution in [0.5, 0.6) is 0 Å². The fraction of sp³-hybridized carbons (Fsp3) is 0.458. The molecule has 9 nitrogen and oxygen atoms in total. The first-order chi connectivity index (χ1) is 16.0. The lowest BCUT2D eigenvalue weighted by molar-refractivity contribution is -0.139. The van der Waals surface area contributed by atoms with E-state index in [9.17, 15) is 24.0 Å². The van der Waals surface area contributed by atoms with Crippen molar-refractivity contribution in [1.82, 2.24) is 16.0 Å². The van der Waals surface area contributed by atoms with Crippen LogP contribution in [0.25, 0.3) is 0 Å². The maximum absolute atomic E-state index is 13.2. The zero-order valence-corrected chi connectivity index (χ0v) is 20.1. The summed E-state index contributed by atoms with van der Waals surface area (Å²) in [6.45, 7) is 5.72. The van der Waals surface area contributed by atoms with Gasteiger partial charge >= 0.3 is 6.09 Å². The second kappa shape index (κ2) is 8.90. The third kappa shape index (κ3) is 4.34. The summed E-state index contributed by atoms with van der Waals surface area (Å²) in [6.07, 6.45) is 1.04. The number of alkyl carbamates (subject to hydrolysis) is 1. The lowest BCUT2D eigenvalue weighted by Gasteiger charge is -2.38. The summed E-state index contributed by atoms with van der Waals surface area (Å²) in [5.74, 6) is -1.49. The van der Waals surface area contributed by atoms with Crippen molar-refractivity contribution in [3.63, 3.8) is 0 Å². The zero-order chi connectivity index (χ0) is 24.7. The number of fused-ring (bicyclic) bond motifs is 2. The third-order valence-corrected chi connectivity index (χ3v) is 7.13. The lowest BCUT2D eigenvalue weighted by atomic mass is 9.78. The van der Waals surface area contributed by atoms with E-state index in [2.05, 4.69) is 16.0 Å². The number of unbranched alkanes of at least 4 members (excludes halogenated alkanes) is 1. The first kappa shape index (κ1) is 24.0. The highest BCUT2D eigenvalue weighted by Gasteiger charge is 2.57. The topological polar surface area (TPSA) is 131 Å². The number of piperazine rings is 1. The number of carbonyl (C=O) groups is 5. The molecule has 3 N–H and O–H groups in total. The monoisotopic (exact) mass is 485 g/mol. The van der Waals surface area contributed by atoms with Crippen molar-refractivity contribution in [2.24, 2.45) is 0 Å². The average Bonchev–Trinajstić information content (AvgIpc) is 3.14. The standard InChI is InChI=1S/C24H27N3O6S/c1-23(2,3)33-22(32)25-11-7-6-10-15-20(30)27-24(21(31)26-15)12-34-19-16(24)17(28)13-8-4-5-9-14(13)18(19)29/h4-5,8-9,15H,6-7,10-12H2,1-3H3,(H,25,32)(H,26,31)(H,27,30)/t15-,24+/m0/s1. The van der Waals surface area contributed by atoms with Crippen molar-refractivity contribution in [2.45, 2.75) is 57.2 Å². The molecule has 1 aliphatic carbocycles. The molecule has 0 saturated carbocycles. The summed E-state index contributed by atoms with van der Waals surface area (Å²) in [7, 11) is 0. The van der Waals surface area contributed by atoms with Gasteiger partial charge in [-0.2, -0.15) is 0 Å².